The van der Waals surface area contributed by atoms with Gasteiger partial charge in [0.05, 0.1) is 10.5 Å². The Morgan fingerprint density at radius 1 is 0.966 bits per heavy atom. The van der Waals surface area contributed by atoms with Gasteiger partial charge in [0.2, 0.25) is 0 Å². The first kappa shape index (κ1) is 20.6. The van der Waals surface area contributed by atoms with Crippen molar-refractivity contribution in [1.29, 1.82) is 0 Å². The molecular formula is C21H17Cl2N3O3. The molecule has 0 atom stereocenters. The van der Waals surface area contributed by atoms with Gasteiger partial charge in [-0.3, -0.25) is 14.9 Å². The van der Waals surface area contributed by atoms with Gasteiger partial charge < -0.3 is 10.6 Å². The summed E-state index contributed by atoms with van der Waals surface area (Å²) in [5, 5.41) is 17.8. The van der Waals surface area contributed by atoms with Crippen LogP contribution in [-0.4, -0.2) is 17.4 Å². The largest absolute Gasteiger partial charge is 0.384 e. The average Bonchev–Trinajstić information content (AvgIpc) is 2.68. The minimum absolute atomic E-state index is 0.156. The number of carbonyl (C=O) groups is 1. The van der Waals surface area contributed by atoms with Gasteiger partial charge >= 0.3 is 0 Å². The van der Waals surface area contributed by atoms with Crippen LogP contribution in [0.3, 0.4) is 0 Å². The standard InChI is InChI=1S/C21H17Cl2N3O3/c22-15-10-16(23)12-17(11-15)25-21(27)19-13-18(26(28)29)6-7-20(19)24-9-8-14-4-2-1-3-5-14/h1-7,10-13,24H,8-9H2,(H,25,27). The first-order chi connectivity index (χ1) is 13.9. The Morgan fingerprint density at radius 2 is 1.66 bits per heavy atom. The van der Waals surface area contributed by atoms with Crippen LogP contribution in [-0.2, 0) is 6.42 Å². The highest BCUT2D eigenvalue weighted by atomic mass is 35.5. The summed E-state index contributed by atoms with van der Waals surface area (Å²) in [7, 11) is 0. The zero-order chi connectivity index (χ0) is 20.8. The lowest BCUT2D eigenvalue weighted by atomic mass is 10.1. The fourth-order valence-electron chi connectivity index (χ4n) is 2.80. The summed E-state index contributed by atoms with van der Waals surface area (Å²) < 4.78 is 0. The monoisotopic (exact) mass is 429 g/mol. The second-order valence-corrected chi connectivity index (χ2v) is 7.13. The molecule has 6 nitrogen and oxygen atoms in total. The zero-order valence-corrected chi connectivity index (χ0v) is 16.7. The highest BCUT2D eigenvalue weighted by Gasteiger charge is 2.17. The number of anilines is 2. The van der Waals surface area contributed by atoms with Crippen molar-refractivity contribution in [3.8, 4) is 0 Å². The SMILES string of the molecule is O=C(Nc1cc(Cl)cc(Cl)c1)c1cc([N+](=O)[O-])ccc1NCCc1ccccc1. The van der Waals surface area contributed by atoms with E-state index in [0.29, 0.717) is 28.0 Å². The van der Waals surface area contributed by atoms with Gasteiger partial charge in [-0.25, -0.2) is 0 Å². The number of nitrogens with one attached hydrogen (secondary N) is 2. The molecule has 0 saturated heterocycles. The van der Waals surface area contributed by atoms with E-state index in [2.05, 4.69) is 10.6 Å². The van der Waals surface area contributed by atoms with Crippen LogP contribution in [0.25, 0.3) is 0 Å². The smallest absolute Gasteiger partial charge is 0.270 e. The second-order valence-electron chi connectivity index (χ2n) is 6.26. The molecule has 1 amide bonds. The molecule has 0 aliphatic carbocycles. The Morgan fingerprint density at radius 3 is 2.31 bits per heavy atom. The molecule has 0 unspecified atom stereocenters. The fourth-order valence-corrected chi connectivity index (χ4v) is 3.32. The number of hydrogen-bond donors (Lipinski definition) is 2. The quantitative estimate of drug-likeness (QED) is 0.366. The van der Waals surface area contributed by atoms with Crippen LogP contribution in [0.15, 0.2) is 66.7 Å². The number of rotatable bonds is 7. The third-order valence-corrected chi connectivity index (χ3v) is 4.59. The predicted octanol–water partition coefficient (Wildman–Crippen LogP) is 5.81. The lowest BCUT2D eigenvalue weighted by Gasteiger charge is -2.13. The lowest BCUT2D eigenvalue weighted by molar-refractivity contribution is -0.384. The zero-order valence-electron chi connectivity index (χ0n) is 15.2. The summed E-state index contributed by atoms with van der Waals surface area (Å²) in [6, 6.07) is 18.6. The molecule has 0 spiro atoms. The number of amides is 1. The maximum absolute atomic E-state index is 12.8. The van der Waals surface area contributed by atoms with E-state index in [1.807, 2.05) is 30.3 Å². The molecule has 3 rings (SSSR count). The Balaban J connectivity index is 1.81. The van der Waals surface area contributed by atoms with Crippen LogP contribution in [0.5, 0.6) is 0 Å². The van der Waals surface area contributed by atoms with Gasteiger partial charge in [-0.05, 0) is 36.2 Å². The number of non-ortho nitro benzene ring substituents is 1. The number of nitro groups is 1. The second kappa shape index (κ2) is 9.41. The van der Waals surface area contributed by atoms with Crippen LogP contribution in [0, 0.1) is 10.1 Å². The van der Waals surface area contributed by atoms with Crippen molar-refractivity contribution in [1.82, 2.24) is 0 Å². The normalized spacial score (nSPS) is 10.4. The van der Waals surface area contributed by atoms with E-state index in [4.69, 9.17) is 23.2 Å². The summed E-state index contributed by atoms with van der Waals surface area (Å²) >= 11 is 11.9. The Labute approximate surface area is 177 Å². The molecule has 148 valence electrons. The van der Waals surface area contributed by atoms with Gasteiger partial charge in [-0.15, -0.1) is 0 Å². The van der Waals surface area contributed by atoms with Gasteiger partial charge in [0, 0.05) is 40.1 Å². The van der Waals surface area contributed by atoms with Gasteiger partial charge in [-0.1, -0.05) is 53.5 Å². The molecule has 0 aliphatic rings. The summed E-state index contributed by atoms with van der Waals surface area (Å²) in [6.45, 7) is 0.561. The van der Waals surface area contributed by atoms with E-state index in [1.54, 1.807) is 18.2 Å². The van der Waals surface area contributed by atoms with E-state index in [1.165, 1.54) is 18.2 Å². The van der Waals surface area contributed by atoms with Gasteiger partial charge in [0.1, 0.15) is 0 Å². The average molecular weight is 430 g/mol. The molecule has 3 aromatic rings. The van der Waals surface area contributed by atoms with Crippen molar-refractivity contribution in [2.45, 2.75) is 6.42 Å². The van der Waals surface area contributed by atoms with Crippen molar-refractivity contribution in [3.63, 3.8) is 0 Å². The van der Waals surface area contributed by atoms with Crippen LogP contribution in [0.2, 0.25) is 10.0 Å². The Kier molecular flexibility index (Phi) is 6.69. The number of carbonyl (C=O) groups excluding carboxylic acids is 1. The van der Waals surface area contributed by atoms with Crippen LogP contribution < -0.4 is 10.6 Å². The highest BCUT2D eigenvalue weighted by Crippen LogP contribution is 2.26. The maximum atomic E-state index is 12.8. The van der Waals surface area contributed by atoms with E-state index in [0.717, 1.165) is 12.0 Å². The number of nitrogens with zero attached hydrogens (tertiary/aromatic N) is 1. The van der Waals surface area contributed by atoms with Crippen LogP contribution >= 0.6 is 23.2 Å². The lowest BCUT2D eigenvalue weighted by Crippen LogP contribution is -2.16. The molecule has 29 heavy (non-hydrogen) atoms. The summed E-state index contributed by atoms with van der Waals surface area (Å²) in [5.41, 5.74) is 2.02. The van der Waals surface area contributed by atoms with E-state index < -0.39 is 10.8 Å². The minimum atomic E-state index is -0.541. The van der Waals surface area contributed by atoms with Crippen molar-refractivity contribution in [2.24, 2.45) is 0 Å². The fraction of sp³-hybridized carbons (Fsp3) is 0.0952. The molecule has 0 aliphatic heterocycles. The van der Waals surface area contributed by atoms with E-state index in [-0.39, 0.29) is 11.3 Å². The third-order valence-electron chi connectivity index (χ3n) is 4.15. The van der Waals surface area contributed by atoms with Crippen LogP contribution in [0.1, 0.15) is 15.9 Å². The molecule has 0 radical (unpaired) electrons. The number of nitro benzene ring substituents is 1. The maximum Gasteiger partial charge on any atom is 0.270 e. The molecular weight excluding hydrogens is 413 g/mol. The molecule has 0 aromatic heterocycles. The molecule has 2 N–H and O–H groups in total. The first-order valence-corrected chi connectivity index (χ1v) is 9.51. The Hall–Kier alpha value is -3.09. The van der Waals surface area contributed by atoms with E-state index in [9.17, 15) is 14.9 Å². The van der Waals surface area contributed by atoms with Crippen molar-refractivity contribution >= 4 is 46.2 Å². The van der Waals surface area contributed by atoms with Gasteiger partial charge in [0.15, 0.2) is 0 Å². The van der Waals surface area contributed by atoms with Crippen molar-refractivity contribution in [3.05, 3.63) is 98.0 Å². The number of halogens is 2. The van der Waals surface area contributed by atoms with E-state index >= 15 is 0 Å². The molecule has 8 heteroatoms. The number of hydrogen-bond acceptors (Lipinski definition) is 4. The molecule has 3 aromatic carbocycles. The molecule has 0 heterocycles. The van der Waals surface area contributed by atoms with Gasteiger partial charge in [0.25, 0.3) is 11.6 Å². The van der Waals surface area contributed by atoms with Gasteiger partial charge in [-0.2, -0.15) is 0 Å². The summed E-state index contributed by atoms with van der Waals surface area (Å²) in [4.78, 5) is 23.4. The minimum Gasteiger partial charge on any atom is -0.384 e. The first-order valence-electron chi connectivity index (χ1n) is 8.76. The summed E-state index contributed by atoms with van der Waals surface area (Å²) in [6.07, 6.45) is 0.739. The highest BCUT2D eigenvalue weighted by molar-refractivity contribution is 6.35. The Bertz CT molecular complexity index is 1020. The molecule has 0 fully saturated rings. The van der Waals surface area contributed by atoms with Crippen molar-refractivity contribution in [2.75, 3.05) is 17.2 Å². The predicted molar refractivity (Wildman–Crippen MR) is 116 cm³/mol. The molecule has 0 bridgehead atoms. The number of benzene rings is 3. The summed E-state index contributed by atoms with van der Waals surface area (Å²) in [5.74, 6) is -0.505. The van der Waals surface area contributed by atoms with Crippen molar-refractivity contribution < 1.29 is 9.72 Å². The topological polar surface area (TPSA) is 84.3 Å². The third kappa shape index (κ3) is 5.70. The van der Waals surface area contributed by atoms with Crippen LogP contribution in [0.4, 0.5) is 17.1 Å². The molecule has 0 saturated carbocycles.